The van der Waals surface area contributed by atoms with Gasteiger partial charge in [0.05, 0.1) is 17.7 Å². The highest BCUT2D eigenvalue weighted by atomic mass is 32.2. The molecule has 0 aliphatic rings. The second-order valence-corrected chi connectivity index (χ2v) is 9.91. The zero-order valence-electron chi connectivity index (χ0n) is 17.7. The first-order valence-electron chi connectivity index (χ1n) is 9.77. The van der Waals surface area contributed by atoms with Crippen molar-refractivity contribution in [2.75, 3.05) is 0 Å². The van der Waals surface area contributed by atoms with E-state index in [1.54, 1.807) is 11.6 Å². The SMILES string of the molecule is Cc1ccccc1-n1c(SCc2nc(C(=O)NC(C)(C)C)cs2)nnc1-c1ccco1. The Balaban J connectivity index is 1.59. The summed E-state index contributed by atoms with van der Waals surface area (Å²) in [7, 11) is 0. The number of nitrogens with one attached hydrogen (secondary N) is 1. The van der Waals surface area contributed by atoms with E-state index in [9.17, 15) is 4.79 Å². The Kier molecular flexibility index (Phi) is 5.97. The summed E-state index contributed by atoms with van der Waals surface area (Å²) in [6.07, 6.45) is 1.62. The van der Waals surface area contributed by atoms with Crippen LogP contribution in [-0.2, 0) is 5.75 Å². The highest BCUT2D eigenvalue weighted by molar-refractivity contribution is 7.98. The highest BCUT2D eigenvalue weighted by Crippen LogP contribution is 2.31. The number of aryl methyl sites for hydroxylation is 1. The smallest absolute Gasteiger partial charge is 0.271 e. The summed E-state index contributed by atoms with van der Waals surface area (Å²) >= 11 is 2.99. The number of rotatable bonds is 6. The molecule has 0 aliphatic carbocycles. The third-order valence-corrected chi connectivity index (χ3v) is 6.30. The summed E-state index contributed by atoms with van der Waals surface area (Å²) in [4.78, 5) is 16.8. The lowest BCUT2D eigenvalue weighted by molar-refractivity contribution is 0.0915. The maximum atomic E-state index is 12.3. The van der Waals surface area contributed by atoms with E-state index in [1.807, 2.05) is 55.7 Å². The molecule has 3 heterocycles. The summed E-state index contributed by atoms with van der Waals surface area (Å²) in [6, 6.07) is 11.8. The molecular formula is C22H23N5O2S2. The average molecular weight is 454 g/mol. The largest absolute Gasteiger partial charge is 0.461 e. The molecule has 0 saturated heterocycles. The number of para-hydroxylation sites is 1. The number of thioether (sulfide) groups is 1. The van der Waals surface area contributed by atoms with Crippen molar-refractivity contribution < 1.29 is 9.21 Å². The van der Waals surface area contributed by atoms with Crippen molar-refractivity contribution in [1.29, 1.82) is 0 Å². The third kappa shape index (κ3) is 4.88. The monoisotopic (exact) mass is 453 g/mol. The summed E-state index contributed by atoms with van der Waals surface area (Å²) in [5.74, 6) is 1.71. The predicted molar refractivity (Wildman–Crippen MR) is 123 cm³/mol. The molecular weight excluding hydrogens is 430 g/mol. The van der Waals surface area contributed by atoms with Gasteiger partial charge in [0.15, 0.2) is 10.9 Å². The van der Waals surface area contributed by atoms with Crippen molar-refractivity contribution in [2.24, 2.45) is 0 Å². The standard InChI is InChI=1S/C22H23N5O2S2/c1-14-8-5-6-9-16(14)27-19(17-10-7-11-29-17)25-26-21(27)31-13-18-23-15(12-30-18)20(28)24-22(2,3)4/h5-12H,13H2,1-4H3,(H,24,28). The molecule has 1 amide bonds. The maximum absolute atomic E-state index is 12.3. The van der Waals surface area contributed by atoms with E-state index in [-0.39, 0.29) is 11.4 Å². The summed E-state index contributed by atoms with van der Waals surface area (Å²) in [6.45, 7) is 7.89. The first-order valence-corrected chi connectivity index (χ1v) is 11.6. The maximum Gasteiger partial charge on any atom is 0.271 e. The van der Waals surface area contributed by atoms with Gasteiger partial charge in [0.25, 0.3) is 5.91 Å². The molecule has 31 heavy (non-hydrogen) atoms. The molecule has 0 saturated carbocycles. The Hall–Kier alpha value is -2.91. The van der Waals surface area contributed by atoms with Crippen LogP contribution in [0.2, 0.25) is 0 Å². The number of carbonyl (C=O) groups is 1. The van der Waals surface area contributed by atoms with E-state index in [4.69, 9.17) is 4.42 Å². The van der Waals surface area contributed by atoms with Crippen LogP contribution in [0.15, 0.2) is 57.6 Å². The lowest BCUT2D eigenvalue weighted by atomic mass is 10.1. The number of thiazole rings is 1. The van der Waals surface area contributed by atoms with Crippen LogP contribution in [0.5, 0.6) is 0 Å². The van der Waals surface area contributed by atoms with E-state index in [0.29, 0.717) is 23.0 Å². The molecule has 7 nitrogen and oxygen atoms in total. The predicted octanol–water partition coefficient (Wildman–Crippen LogP) is 5.11. The van der Waals surface area contributed by atoms with Crippen molar-refractivity contribution in [2.45, 2.75) is 44.1 Å². The topological polar surface area (TPSA) is 85.8 Å². The number of amides is 1. The van der Waals surface area contributed by atoms with Crippen LogP contribution in [0, 0.1) is 6.92 Å². The number of furan rings is 1. The van der Waals surface area contributed by atoms with Gasteiger partial charge in [0, 0.05) is 10.9 Å². The molecule has 0 spiro atoms. The quantitative estimate of drug-likeness (QED) is 0.408. The van der Waals surface area contributed by atoms with Gasteiger partial charge in [-0.05, 0) is 51.5 Å². The first kappa shape index (κ1) is 21.3. The molecule has 0 bridgehead atoms. The van der Waals surface area contributed by atoms with E-state index >= 15 is 0 Å². The molecule has 0 unspecified atom stereocenters. The van der Waals surface area contributed by atoms with E-state index in [0.717, 1.165) is 21.4 Å². The van der Waals surface area contributed by atoms with Gasteiger partial charge >= 0.3 is 0 Å². The van der Waals surface area contributed by atoms with E-state index < -0.39 is 0 Å². The van der Waals surface area contributed by atoms with E-state index in [1.165, 1.54) is 23.1 Å². The zero-order chi connectivity index (χ0) is 22.0. The van der Waals surface area contributed by atoms with Gasteiger partial charge in [0.1, 0.15) is 10.7 Å². The minimum Gasteiger partial charge on any atom is -0.461 e. The molecule has 4 rings (SSSR count). The van der Waals surface area contributed by atoms with Gasteiger partial charge in [-0.25, -0.2) is 4.98 Å². The number of nitrogens with zero attached hydrogens (tertiary/aromatic N) is 4. The normalized spacial score (nSPS) is 11.6. The van der Waals surface area contributed by atoms with Crippen molar-refractivity contribution >= 4 is 29.0 Å². The van der Waals surface area contributed by atoms with Crippen LogP contribution in [0.4, 0.5) is 0 Å². The Morgan fingerprint density at radius 1 is 1.19 bits per heavy atom. The fraction of sp³-hybridized carbons (Fsp3) is 0.273. The summed E-state index contributed by atoms with van der Waals surface area (Å²) in [5.41, 5.74) is 2.23. The molecule has 0 aliphatic heterocycles. The van der Waals surface area contributed by atoms with Crippen molar-refractivity contribution in [3.05, 3.63) is 64.3 Å². The van der Waals surface area contributed by atoms with Crippen molar-refractivity contribution in [3.63, 3.8) is 0 Å². The number of carbonyl (C=O) groups excluding carboxylic acids is 1. The molecule has 0 radical (unpaired) electrons. The first-order chi connectivity index (χ1) is 14.8. The van der Waals surface area contributed by atoms with Gasteiger partial charge in [-0.3, -0.25) is 9.36 Å². The van der Waals surface area contributed by atoms with Crippen LogP contribution >= 0.6 is 23.1 Å². The van der Waals surface area contributed by atoms with Gasteiger partial charge in [-0.15, -0.1) is 21.5 Å². The van der Waals surface area contributed by atoms with Crippen molar-refractivity contribution in [3.8, 4) is 17.3 Å². The number of hydrogen-bond acceptors (Lipinski definition) is 7. The van der Waals surface area contributed by atoms with Crippen molar-refractivity contribution in [1.82, 2.24) is 25.1 Å². The van der Waals surface area contributed by atoms with E-state index in [2.05, 4.69) is 33.5 Å². The number of aromatic nitrogens is 4. The Morgan fingerprint density at radius 3 is 2.71 bits per heavy atom. The highest BCUT2D eigenvalue weighted by Gasteiger charge is 2.21. The lowest BCUT2D eigenvalue weighted by Gasteiger charge is -2.19. The third-order valence-electron chi connectivity index (χ3n) is 4.33. The van der Waals surface area contributed by atoms with Gasteiger partial charge in [0.2, 0.25) is 5.82 Å². The molecule has 0 fully saturated rings. The number of hydrogen-bond donors (Lipinski definition) is 1. The fourth-order valence-electron chi connectivity index (χ4n) is 2.97. The summed E-state index contributed by atoms with van der Waals surface area (Å²) < 4.78 is 7.58. The Bertz CT molecular complexity index is 1190. The second-order valence-electron chi connectivity index (χ2n) is 8.02. The fourth-order valence-corrected chi connectivity index (χ4v) is 4.71. The molecule has 1 N–H and O–H groups in total. The minimum atomic E-state index is -0.304. The van der Waals surface area contributed by atoms with Gasteiger partial charge < -0.3 is 9.73 Å². The minimum absolute atomic E-state index is 0.164. The average Bonchev–Trinajstić information content (AvgIpc) is 3.45. The van der Waals surface area contributed by atoms with Crippen LogP contribution in [0.3, 0.4) is 0 Å². The van der Waals surface area contributed by atoms with Gasteiger partial charge in [-0.2, -0.15) is 0 Å². The van der Waals surface area contributed by atoms with Crippen LogP contribution in [0.1, 0.15) is 41.8 Å². The van der Waals surface area contributed by atoms with Crippen LogP contribution in [-0.4, -0.2) is 31.2 Å². The van der Waals surface area contributed by atoms with Gasteiger partial charge in [-0.1, -0.05) is 30.0 Å². The molecule has 9 heteroatoms. The molecule has 0 atom stereocenters. The number of benzene rings is 1. The molecule has 4 aromatic rings. The molecule has 1 aromatic carbocycles. The second kappa shape index (κ2) is 8.68. The van der Waals surface area contributed by atoms with Crippen LogP contribution in [0.25, 0.3) is 17.3 Å². The Labute approximate surface area is 188 Å². The van der Waals surface area contributed by atoms with Crippen LogP contribution < -0.4 is 5.32 Å². The Morgan fingerprint density at radius 2 is 2.00 bits per heavy atom. The lowest BCUT2D eigenvalue weighted by Crippen LogP contribution is -2.40. The zero-order valence-corrected chi connectivity index (χ0v) is 19.4. The molecule has 160 valence electrons. The molecule has 3 aromatic heterocycles. The summed E-state index contributed by atoms with van der Waals surface area (Å²) in [5, 5.41) is 15.1.